The Kier molecular flexibility index (Phi) is 7.58. The van der Waals surface area contributed by atoms with Gasteiger partial charge in [0, 0.05) is 36.7 Å². The molecule has 0 aromatic heterocycles. The molecular weight excluding hydrogens is 385 g/mol. The molecule has 0 spiro atoms. The maximum absolute atomic E-state index is 14.1. The summed E-state index contributed by atoms with van der Waals surface area (Å²) >= 11 is 0. The van der Waals surface area contributed by atoms with Crippen molar-refractivity contribution in [2.45, 2.75) is 45.5 Å². The van der Waals surface area contributed by atoms with Crippen LogP contribution in [0.25, 0.3) is 0 Å². The van der Waals surface area contributed by atoms with Crippen LogP contribution in [0.5, 0.6) is 11.5 Å². The third-order valence-electron chi connectivity index (χ3n) is 4.65. The summed E-state index contributed by atoms with van der Waals surface area (Å²) in [4.78, 5) is 24.6. The quantitative estimate of drug-likeness (QED) is 0.544. The molecule has 2 rings (SSSR count). The third-order valence-corrected chi connectivity index (χ3v) is 4.65. The van der Waals surface area contributed by atoms with Gasteiger partial charge in [-0.25, -0.2) is 9.18 Å². The lowest BCUT2D eigenvalue weighted by molar-refractivity contribution is -0.130. The lowest BCUT2D eigenvalue weighted by Gasteiger charge is -2.22. The number of ketones is 1. The number of carbonyl (C=O) groups is 2. The molecule has 1 aliphatic rings. The van der Waals surface area contributed by atoms with Crippen molar-refractivity contribution in [3.63, 3.8) is 0 Å². The first kappa shape index (κ1) is 22.6. The van der Waals surface area contributed by atoms with Crippen molar-refractivity contribution in [3.8, 4) is 11.5 Å². The van der Waals surface area contributed by atoms with Gasteiger partial charge in [-0.15, -0.1) is 0 Å². The summed E-state index contributed by atoms with van der Waals surface area (Å²) in [7, 11) is 0. The molecule has 4 atom stereocenters. The number of fused-ring (bicyclic) bond motifs is 1. The highest BCUT2D eigenvalue weighted by Gasteiger charge is 2.30. The maximum Gasteiger partial charge on any atom is 0.346 e. The number of aliphatic hydroxyl groups excluding tert-OH is 2. The van der Waals surface area contributed by atoms with E-state index in [1.165, 1.54) is 26.0 Å². The minimum Gasteiger partial charge on any atom is -0.507 e. The topological polar surface area (TPSA) is 125 Å². The zero-order valence-corrected chi connectivity index (χ0v) is 16.5. The number of phenols is 1. The van der Waals surface area contributed by atoms with E-state index in [1.807, 2.05) is 6.92 Å². The van der Waals surface area contributed by atoms with Crippen molar-refractivity contribution >= 4 is 17.4 Å². The van der Waals surface area contributed by atoms with Gasteiger partial charge in [-0.1, -0.05) is 6.92 Å². The highest BCUT2D eigenvalue weighted by atomic mass is 19.1. The van der Waals surface area contributed by atoms with E-state index in [0.717, 1.165) is 6.08 Å². The predicted octanol–water partition coefficient (Wildman–Crippen LogP) is 1.93. The number of halogens is 1. The molecule has 1 aliphatic heterocycles. The first-order chi connectivity index (χ1) is 13.6. The maximum atomic E-state index is 14.1. The highest BCUT2D eigenvalue weighted by molar-refractivity contribution is 5.97. The second kappa shape index (κ2) is 9.71. The number of hydrogen-bond donors (Lipinski definition) is 4. The Morgan fingerprint density at radius 3 is 2.59 bits per heavy atom. The van der Waals surface area contributed by atoms with Crippen LogP contribution in [0.3, 0.4) is 0 Å². The number of ether oxygens (including phenoxy) is 2. The molecule has 8 nitrogen and oxygen atoms in total. The molecule has 9 heteroatoms. The van der Waals surface area contributed by atoms with E-state index >= 15 is 0 Å². The summed E-state index contributed by atoms with van der Waals surface area (Å²) in [5.41, 5.74) is 0.290. The van der Waals surface area contributed by atoms with E-state index in [-0.39, 0.29) is 30.1 Å². The summed E-state index contributed by atoms with van der Waals surface area (Å²) in [5.74, 6) is -4.44. The fourth-order valence-electron chi connectivity index (χ4n) is 2.77. The smallest absolute Gasteiger partial charge is 0.346 e. The lowest BCUT2D eigenvalue weighted by Crippen LogP contribution is -2.36. The molecule has 0 aliphatic carbocycles. The number of carbonyl (C=O) groups excluding carboxylic acids is 2. The Morgan fingerprint density at radius 2 is 1.93 bits per heavy atom. The second-order valence-corrected chi connectivity index (χ2v) is 6.90. The van der Waals surface area contributed by atoms with E-state index in [9.17, 15) is 29.3 Å². The van der Waals surface area contributed by atoms with E-state index in [4.69, 9.17) is 9.47 Å². The summed E-state index contributed by atoms with van der Waals surface area (Å²) in [6, 6.07) is 2.84. The molecule has 4 N–H and O–H groups in total. The molecule has 1 heterocycles. The molecule has 29 heavy (non-hydrogen) atoms. The van der Waals surface area contributed by atoms with Crippen LogP contribution in [0.15, 0.2) is 24.0 Å². The normalized spacial score (nSPS) is 28.3. The summed E-state index contributed by atoms with van der Waals surface area (Å²) < 4.78 is 25.0. The van der Waals surface area contributed by atoms with Crippen LogP contribution < -0.4 is 10.1 Å². The number of aromatic hydroxyl groups is 1. The fraction of sp³-hybridized carbons (Fsp3) is 0.500. The summed E-state index contributed by atoms with van der Waals surface area (Å²) in [5, 5.41) is 33.2. The standard InChI is InChI=1S/C20H26FNO7/c1-4-22-12-8-15(24)17-16(9-12)28-6-5-14(23)19(26)18(25)13(21)7-10(2)11(3)29-20(17)27/h7-11,14,19,22-24,26H,4-6H2,1-3H3/b13-7+. The Bertz CT molecular complexity index is 795. The molecule has 0 bridgehead atoms. The average Bonchev–Trinajstić information content (AvgIpc) is 2.65. The number of hydrogen-bond acceptors (Lipinski definition) is 8. The van der Waals surface area contributed by atoms with E-state index in [0.29, 0.717) is 12.2 Å². The van der Waals surface area contributed by atoms with Gasteiger partial charge in [0.05, 0.1) is 12.7 Å². The third kappa shape index (κ3) is 5.45. The monoisotopic (exact) mass is 411 g/mol. The van der Waals surface area contributed by atoms with Gasteiger partial charge in [-0.2, -0.15) is 0 Å². The van der Waals surface area contributed by atoms with Gasteiger partial charge >= 0.3 is 5.97 Å². The largest absolute Gasteiger partial charge is 0.507 e. The molecular formula is C20H26FNO7. The number of anilines is 1. The van der Waals surface area contributed by atoms with Crippen molar-refractivity contribution in [1.82, 2.24) is 0 Å². The molecule has 1 aromatic rings. The first-order valence-electron chi connectivity index (χ1n) is 9.38. The molecule has 0 saturated carbocycles. The van der Waals surface area contributed by atoms with E-state index in [2.05, 4.69) is 5.32 Å². The minimum absolute atomic E-state index is 0.0117. The summed E-state index contributed by atoms with van der Waals surface area (Å²) in [6.07, 6.45) is -3.67. The van der Waals surface area contributed by atoms with Gasteiger partial charge in [0.15, 0.2) is 5.83 Å². The second-order valence-electron chi connectivity index (χ2n) is 6.90. The van der Waals surface area contributed by atoms with Crippen molar-refractivity contribution in [2.75, 3.05) is 18.5 Å². The van der Waals surface area contributed by atoms with Crippen LogP contribution in [-0.2, 0) is 9.53 Å². The molecule has 160 valence electrons. The van der Waals surface area contributed by atoms with Crippen LogP contribution >= 0.6 is 0 Å². The van der Waals surface area contributed by atoms with Crippen LogP contribution in [-0.4, -0.2) is 58.5 Å². The number of phenolic OH excluding ortho intramolecular Hbond substituents is 1. The van der Waals surface area contributed by atoms with Crippen molar-refractivity contribution in [2.24, 2.45) is 5.92 Å². The molecule has 0 amide bonds. The molecule has 0 saturated heterocycles. The van der Waals surface area contributed by atoms with Gasteiger partial charge in [0.25, 0.3) is 0 Å². The first-order valence-corrected chi connectivity index (χ1v) is 9.38. The molecule has 0 fully saturated rings. The van der Waals surface area contributed by atoms with Crippen molar-refractivity contribution in [3.05, 3.63) is 29.6 Å². The van der Waals surface area contributed by atoms with Crippen molar-refractivity contribution in [1.29, 1.82) is 0 Å². The Balaban J connectivity index is 2.45. The van der Waals surface area contributed by atoms with Gasteiger partial charge in [-0.3, -0.25) is 4.79 Å². The molecule has 1 aromatic carbocycles. The number of esters is 1. The van der Waals surface area contributed by atoms with Crippen molar-refractivity contribution < 1.29 is 38.8 Å². The van der Waals surface area contributed by atoms with Gasteiger partial charge in [-0.05, 0) is 19.9 Å². The molecule has 4 unspecified atom stereocenters. The average molecular weight is 411 g/mol. The lowest BCUT2D eigenvalue weighted by atomic mass is 10.0. The number of nitrogens with one attached hydrogen (secondary N) is 1. The van der Waals surface area contributed by atoms with Crippen LogP contribution in [0.2, 0.25) is 0 Å². The Morgan fingerprint density at radius 1 is 1.24 bits per heavy atom. The van der Waals surface area contributed by atoms with Gasteiger partial charge < -0.3 is 30.1 Å². The summed E-state index contributed by atoms with van der Waals surface area (Å²) in [6.45, 7) is 5.21. The fourth-order valence-corrected chi connectivity index (χ4v) is 2.77. The van der Waals surface area contributed by atoms with Crippen LogP contribution in [0.4, 0.5) is 10.1 Å². The number of benzene rings is 1. The number of cyclic esters (lactones) is 1. The van der Waals surface area contributed by atoms with Crippen LogP contribution in [0, 0.1) is 5.92 Å². The highest BCUT2D eigenvalue weighted by Crippen LogP contribution is 2.34. The minimum atomic E-state index is -1.95. The van der Waals surface area contributed by atoms with E-state index < -0.39 is 41.8 Å². The SMILES string of the molecule is CCNc1cc(O)c2c(c1)OCCC(O)C(O)C(=O)/C(F)=C\C(C)C(C)OC2=O. The van der Waals surface area contributed by atoms with E-state index in [1.54, 1.807) is 0 Å². The predicted molar refractivity (Wildman–Crippen MR) is 103 cm³/mol. The number of Topliss-reactive ketones (excluding diaryl/α,β-unsaturated/α-hetero) is 1. The van der Waals surface area contributed by atoms with Gasteiger partial charge in [0.2, 0.25) is 5.78 Å². The van der Waals surface area contributed by atoms with Crippen LogP contribution in [0.1, 0.15) is 37.6 Å². The Hall–Kier alpha value is -2.65. The number of aliphatic hydroxyl groups is 2. The van der Waals surface area contributed by atoms with Gasteiger partial charge in [0.1, 0.15) is 29.3 Å². The Labute approximate surface area is 167 Å². The number of rotatable bonds is 2. The molecule has 0 radical (unpaired) electrons. The zero-order valence-electron chi connectivity index (χ0n) is 16.5. The zero-order chi connectivity index (χ0) is 21.7.